The van der Waals surface area contributed by atoms with Gasteiger partial charge in [-0.25, -0.2) is 0 Å². The second-order valence-corrected chi connectivity index (χ2v) is 7.48. The average Bonchev–Trinajstić information content (AvgIpc) is 3.41. The van der Waals surface area contributed by atoms with Crippen LogP contribution in [0.1, 0.15) is 10.6 Å². The van der Waals surface area contributed by atoms with Gasteiger partial charge in [0.1, 0.15) is 11.5 Å². The van der Waals surface area contributed by atoms with Gasteiger partial charge in [0.05, 0.1) is 25.0 Å². The van der Waals surface area contributed by atoms with E-state index in [4.69, 9.17) is 9.52 Å². The monoisotopic (exact) mass is 387 g/mol. The maximum atomic E-state index is 13.2. The molecule has 0 aromatic carbocycles. The summed E-state index contributed by atoms with van der Waals surface area (Å²) in [4.78, 5) is 32.5. The minimum Gasteiger partial charge on any atom is -0.467 e. The molecule has 0 aliphatic carbocycles. The molecular weight excluding hydrogens is 366 g/mol. The molecular formula is C19H21N3O4S. The molecule has 142 valence electrons. The van der Waals surface area contributed by atoms with Gasteiger partial charge in [-0.05, 0) is 23.6 Å². The standard InChI is InChI=1S/C19H21N3O4S/c23-10-9-20-5-7-21(8-6-20)17-16(15-4-2-12-27-15)18(24)22(19(17)25)13-14-3-1-11-26-14/h1-4,11-12,23H,5-10,13H2. The van der Waals surface area contributed by atoms with Gasteiger partial charge in [-0.15, -0.1) is 11.3 Å². The second kappa shape index (κ2) is 7.67. The van der Waals surface area contributed by atoms with Crippen LogP contribution in [0.4, 0.5) is 0 Å². The Bertz CT molecular complexity index is 836. The number of thiophene rings is 1. The van der Waals surface area contributed by atoms with Gasteiger partial charge in [-0.3, -0.25) is 19.4 Å². The summed E-state index contributed by atoms with van der Waals surface area (Å²) >= 11 is 1.46. The molecule has 2 amide bonds. The molecule has 0 atom stereocenters. The minimum absolute atomic E-state index is 0.123. The molecule has 4 heterocycles. The Kier molecular flexibility index (Phi) is 5.11. The maximum Gasteiger partial charge on any atom is 0.278 e. The SMILES string of the molecule is O=C1C(c2cccs2)=C(N2CCN(CCO)CC2)C(=O)N1Cc1ccco1. The van der Waals surface area contributed by atoms with Crippen molar-refractivity contribution < 1.29 is 19.1 Å². The fraction of sp³-hybridized carbons (Fsp3) is 0.368. The van der Waals surface area contributed by atoms with Gasteiger partial charge >= 0.3 is 0 Å². The first kappa shape index (κ1) is 18.0. The number of carbonyl (C=O) groups excluding carboxylic acids is 2. The van der Waals surface area contributed by atoms with Crippen molar-refractivity contribution in [2.75, 3.05) is 39.3 Å². The molecule has 2 aromatic rings. The number of carbonyl (C=O) groups is 2. The topological polar surface area (TPSA) is 77.2 Å². The lowest BCUT2D eigenvalue weighted by Gasteiger charge is -2.36. The fourth-order valence-corrected chi connectivity index (χ4v) is 4.30. The van der Waals surface area contributed by atoms with Gasteiger partial charge in [0.15, 0.2) is 0 Å². The van der Waals surface area contributed by atoms with E-state index >= 15 is 0 Å². The van der Waals surface area contributed by atoms with Crippen molar-refractivity contribution in [1.82, 2.24) is 14.7 Å². The van der Waals surface area contributed by atoms with Crippen LogP contribution in [-0.4, -0.2) is 71.0 Å². The van der Waals surface area contributed by atoms with Crippen molar-refractivity contribution in [3.8, 4) is 0 Å². The summed E-state index contributed by atoms with van der Waals surface area (Å²) in [5.41, 5.74) is 0.967. The summed E-state index contributed by atoms with van der Waals surface area (Å²) < 4.78 is 5.33. The Labute approximate surface area is 161 Å². The fourth-order valence-electron chi connectivity index (χ4n) is 3.54. The smallest absolute Gasteiger partial charge is 0.278 e. The molecule has 27 heavy (non-hydrogen) atoms. The summed E-state index contributed by atoms with van der Waals surface area (Å²) in [6.45, 7) is 3.69. The number of piperazine rings is 1. The molecule has 0 bridgehead atoms. The van der Waals surface area contributed by atoms with E-state index in [9.17, 15) is 9.59 Å². The van der Waals surface area contributed by atoms with Crippen molar-refractivity contribution in [1.29, 1.82) is 0 Å². The number of nitrogens with zero attached hydrogens (tertiary/aromatic N) is 3. The van der Waals surface area contributed by atoms with E-state index in [-0.39, 0.29) is 25.0 Å². The Morgan fingerprint density at radius 2 is 1.89 bits per heavy atom. The predicted octanol–water partition coefficient (Wildman–Crippen LogP) is 1.23. The number of amides is 2. The van der Waals surface area contributed by atoms with Crippen LogP contribution in [0, 0.1) is 0 Å². The molecule has 7 nitrogen and oxygen atoms in total. The zero-order valence-corrected chi connectivity index (χ0v) is 15.7. The van der Waals surface area contributed by atoms with Crippen LogP contribution in [0.15, 0.2) is 46.0 Å². The number of rotatable bonds is 6. The minimum atomic E-state index is -0.272. The summed E-state index contributed by atoms with van der Waals surface area (Å²) in [6, 6.07) is 7.27. The van der Waals surface area contributed by atoms with E-state index in [0.717, 1.165) is 18.0 Å². The van der Waals surface area contributed by atoms with E-state index < -0.39 is 0 Å². The lowest BCUT2D eigenvalue weighted by Crippen LogP contribution is -2.48. The number of β-amino-alcohol motifs (C(OH)–C–C–N with tert-alkyl or cyclic N) is 1. The van der Waals surface area contributed by atoms with E-state index in [0.29, 0.717) is 36.7 Å². The highest BCUT2D eigenvalue weighted by Gasteiger charge is 2.42. The van der Waals surface area contributed by atoms with Crippen molar-refractivity contribution >= 4 is 28.7 Å². The van der Waals surface area contributed by atoms with Crippen LogP contribution in [0.2, 0.25) is 0 Å². The zero-order valence-electron chi connectivity index (χ0n) is 14.8. The third-order valence-electron chi connectivity index (χ3n) is 4.91. The van der Waals surface area contributed by atoms with Gasteiger partial charge in [-0.2, -0.15) is 0 Å². The highest BCUT2D eigenvalue weighted by atomic mass is 32.1. The second-order valence-electron chi connectivity index (χ2n) is 6.53. The third-order valence-corrected chi connectivity index (χ3v) is 5.80. The molecule has 0 radical (unpaired) electrons. The van der Waals surface area contributed by atoms with Crippen molar-refractivity contribution in [2.24, 2.45) is 0 Å². The number of hydrogen-bond donors (Lipinski definition) is 1. The first-order chi connectivity index (χ1) is 13.2. The van der Waals surface area contributed by atoms with Crippen LogP contribution < -0.4 is 0 Å². The lowest BCUT2D eigenvalue weighted by atomic mass is 10.1. The lowest BCUT2D eigenvalue weighted by molar-refractivity contribution is -0.138. The van der Waals surface area contributed by atoms with Crippen LogP contribution in [-0.2, 0) is 16.1 Å². The molecule has 2 aliphatic heterocycles. The number of imide groups is 1. The number of furan rings is 1. The number of aliphatic hydroxyl groups excluding tert-OH is 1. The molecule has 0 saturated carbocycles. The normalized spacial score (nSPS) is 18.9. The van der Waals surface area contributed by atoms with Gasteiger partial charge in [0, 0.05) is 37.6 Å². The van der Waals surface area contributed by atoms with Crippen LogP contribution in [0.5, 0.6) is 0 Å². The molecule has 2 aliphatic rings. The number of aliphatic hydroxyl groups is 1. The predicted molar refractivity (Wildman–Crippen MR) is 101 cm³/mol. The maximum absolute atomic E-state index is 13.2. The average molecular weight is 387 g/mol. The first-order valence-electron chi connectivity index (χ1n) is 8.94. The highest BCUT2D eigenvalue weighted by molar-refractivity contribution is 7.11. The Balaban J connectivity index is 1.63. The quantitative estimate of drug-likeness (QED) is 0.752. The zero-order chi connectivity index (χ0) is 18.8. The van der Waals surface area contributed by atoms with E-state index in [2.05, 4.69) is 4.90 Å². The Morgan fingerprint density at radius 3 is 2.52 bits per heavy atom. The third kappa shape index (κ3) is 3.43. The summed E-state index contributed by atoms with van der Waals surface area (Å²) in [5.74, 6) is 0.0401. The summed E-state index contributed by atoms with van der Waals surface area (Å²) in [7, 11) is 0. The first-order valence-corrected chi connectivity index (χ1v) is 9.82. The number of hydrogen-bond acceptors (Lipinski definition) is 7. The van der Waals surface area contributed by atoms with Crippen molar-refractivity contribution in [2.45, 2.75) is 6.54 Å². The summed E-state index contributed by atoms with van der Waals surface area (Å²) in [6.07, 6.45) is 1.54. The largest absolute Gasteiger partial charge is 0.467 e. The van der Waals surface area contributed by atoms with Gasteiger partial charge in [0.25, 0.3) is 11.8 Å². The van der Waals surface area contributed by atoms with Crippen LogP contribution in [0.3, 0.4) is 0 Å². The van der Waals surface area contributed by atoms with Crippen molar-refractivity contribution in [3.63, 3.8) is 0 Å². The van der Waals surface area contributed by atoms with Crippen LogP contribution in [0.25, 0.3) is 5.57 Å². The molecule has 1 saturated heterocycles. The molecule has 1 N–H and O–H groups in total. The molecule has 8 heteroatoms. The van der Waals surface area contributed by atoms with Gasteiger partial charge in [-0.1, -0.05) is 6.07 Å². The van der Waals surface area contributed by atoms with Gasteiger partial charge in [0.2, 0.25) is 0 Å². The molecule has 4 rings (SSSR count). The Hall–Kier alpha value is -2.42. The highest BCUT2D eigenvalue weighted by Crippen LogP contribution is 2.35. The molecule has 1 fully saturated rings. The molecule has 0 spiro atoms. The molecule has 0 unspecified atom stereocenters. The van der Waals surface area contributed by atoms with Gasteiger partial charge < -0.3 is 14.4 Å². The Morgan fingerprint density at radius 1 is 1.07 bits per heavy atom. The van der Waals surface area contributed by atoms with E-state index in [1.54, 1.807) is 12.1 Å². The van der Waals surface area contributed by atoms with E-state index in [1.807, 2.05) is 22.4 Å². The van der Waals surface area contributed by atoms with E-state index in [1.165, 1.54) is 22.5 Å². The summed E-state index contributed by atoms with van der Waals surface area (Å²) in [5, 5.41) is 11.0. The van der Waals surface area contributed by atoms with Crippen LogP contribution >= 0.6 is 11.3 Å². The molecule has 2 aromatic heterocycles. The van der Waals surface area contributed by atoms with Crippen molar-refractivity contribution in [3.05, 3.63) is 52.2 Å².